The van der Waals surface area contributed by atoms with Crippen molar-refractivity contribution in [2.75, 3.05) is 0 Å². The summed E-state index contributed by atoms with van der Waals surface area (Å²) in [5, 5.41) is 12.0. The number of carbonyl (C=O) groups excluding carboxylic acids is 1. The van der Waals surface area contributed by atoms with Crippen molar-refractivity contribution >= 4 is 11.9 Å². The second-order valence-corrected chi connectivity index (χ2v) is 6.83. The zero-order valence-corrected chi connectivity index (χ0v) is 14.8. The minimum atomic E-state index is -1.07. The van der Waals surface area contributed by atoms with Crippen molar-refractivity contribution in [3.63, 3.8) is 0 Å². The van der Waals surface area contributed by atoms with Gasteiger partial charge in [0.2, 0.25) is 5.91 Å². The third-order valence-corrected chi connectivity index (χ3v) is 4.91. The number of ether oxygens (including phenoxy) is 1. The van der Waals surface area contributed by atoms with Gasteiger partial charge < -0.3 is 15.2 Å². The number of amides is 1. The van der Waals surface area contributed by atoms with Gasteiger partial charge in [-0.1, -0.05) is 36.4 Å². The molecule has 0 bridgehead atoms. The van der Waals surface area contributed by atoms with Crippen LogP contribution in [0.1, 0.15) is 36.0 Å². The molecular formula is C21H23NO4. The van der Waals surface area contributed by atoms with Crippen LogP contribution in [0.25, 0.3) is 0 Å². The van der Waals surface area contributed by atoms with Gasteiger partial charge in [-0.3, -0.25) is 4.79 Å². The van der Waals surface area contributed by atoms with Crippen LogP contribution in [-0.2, 0) is 22.6 Å². The Bertz CT molecular complexity index is 811. The smallest absolute Gasteiger partial charge is 0.329 e. The number of hydrogen-bond acceptors (Lipinski definition) is 3. The minimum absolute atomic E-state index is 0.136. The molecule has 3 rings (SSSR count). The lowest BCUT2D eigenvalue weighted by molar-refractivity contribution is -0.151. The van der Waals surface area contributed by atoms with Gasteiger partial charge in [0.1, 0.15) is 17.9 Å². The van der Waals surface area contributed by atoms with E-state index in [0.29, 0.717) is 25.2 Å². The van der Waals surface area contributed by atoms with Crippen molar-refractivity contribution in [2.24, 2.45) is 0 Å². The van der Waals surface area contributed by atoms with E-state index in [1.54, 1.807) is 0 Å². The SMILES string of the molecule is Cc1ccccc1COc1cccc(CC(=O)NC2(C(=O)O)CCC2)c1. The maximum atomic E-state index is 12.2. The van der Waals surface area contributed by atoms with E-state index in [-0.39, 0.29) is 12.3 Å². The molecule has 0 heterocycles. The van der Waals surface area contributed by atoms with Crippen LogP contribution < -0.4 is 10.1 Å². The zero-order valence-electron chi connectivity index (χ0n) is 14.8. The summed E-state index contributed by atoms with van der Waals surface area (Å²) in [6, 6.07) is 15.4. The van der Waals surface area contributed by atoms with E-state index < -0.39 is 11.5 Å². The number of rotatable bonds is 7. The maximum Gasteiger partial charge on any atom is 0.329 e. The standard InChI is InChI=1S/C21H23NO4/c1-15-6-2-3-8-17(15)14-26-18-9-4-7-16(12-18)13-19(23)22-21(20(24)25)10-5-11-21/h2-4,6-9,12H,5,10-11,13-14H2,1H3,(H,22,23)(H,24,25). The highest BCUT2D eigenvalue weighted by atomic mass is 16.5. The lowest BCUT2D eigenvalue weighted by Crippen LogP contribution is -2.59. The molecule has 1 saturated carbocycles. The Labute approximate surface area is 153 Å². The molecule has 2 N–H and O–H groups in total. The number of benzene rings is 2. The first-order chi connectivity index (χ1) is 12.5. The first-order valence-electron chi connectivity index (χ1n) is 8.79. The van der Waals surface area contributed by atoms with E-state index in [1.807, 2.05) is 55.5 Å². The van der Waals surface area contributed by atoms with Crippen molar-refractivity contribution in [3.05, 3.63) is 65.2 Å². The summed E-state index contributed by atoms with van der Waals surface area (Å²) in [5.41, 5.74) is 2.01. The van der Waals surface area contributed by atoms with Gasteiger partial charge in [-0.05, 0) is 55.0 Å². The molecule has 2 aromatic carbocycles. The first kappa shape index (κ1) is 18.0. The number of carbonyl (C=O) groups is 2. The number of hydrogen-bond donors (Lipinski definition) is 2. The molecule has 5 nitrogen and oxygen atoms in total. The van der Waals surface area contributed by atoms with Crippen molar-refractivity contribution in [1.29, 1.82) is 0 Å². The summed E-state index contributed by atoms with van der Waals surface area (Å²) < 4.78 is 5.84. The van der Waals surface area contributed by atoms with Gasteiger partial charge in [0, 0.05) is 0 Å². The van der Waals surface area contributed by atoms with Crippen LogP contribution in [0.3, 0.4) is 0 Å². The van der Waals surface area contributed by atoms with Crippen molar-refractivity contribution in [3.8, 4) is 5.75 Å². The average Bonchev–Trinajstić information content (AvgIpc) is 2.57. The topological polar surface area (TPSA) is 75.6 Å². The number of nitrogens with one attached hydrogen (secondary N) is 1. The summed E-state index contributed by atoms with van der Waals surface area (Å²) in [5.74, 6) is -0.536. The molecule has 0 aromatic heterocycles. The van der Waals surface area contributed by atoms with Gasteiger partial charge in [0.25, 0.3) is 0 Å². The molecule has 5 heteroatoms. The van der Waals surface area contributed by atoms with Crippen LogP contribution in [-0.4, -0.2) is 22.5 Å². The van der Waals surface area contributed by atoms with Crippen molar-refractivity contribution < 1.29 is 19.4 Å². The number of carboxylic acids is 1. The summed E-state index contributed by atoms with van der Waals surface area (Å²) in [4.78, 5) is 23.6. The normalized spacial score (nSPS) is 15.0. The van der Waals surface area contributed by atoms with Gasteiger partial charge in [0.15, 0.2) is 0 Å². The predicted octanol–water partition coefficient (Wildman–Crippen LogP) is 3.24. The third-order valence-electron chi connectivity index (χ3n) is 4.91. The lowest BCUT2D eigenvalue weighted by Gasteiger charge is -2.38. The van der Waals surface area contributed by atoms with Gasteiger partial charge >= 0.3 is 5.97 Å². The largest absolute Gasteiger partial charge is 0.489 e. The molecule has 26 heavy (non-hydrogen) atoms. The van der Waals surface area contributed by atoms with E-state index in [2.05, 4.69) is 5.32 Å². The van der Waals surface area contributed by atoms with E-state index in [4.69, 9.17) is 4.74 Å². The Morgan fingerprint density at radius 1 is 1.15 bits per heavy atom. The Hall–Kier alpha value is -2.82. The third kappa shape index (κ3) is 4.04. The van der Waals surface area contributed by atoms with E-state index in [1.165, 1.54) is 5.56 Å². The summed E-state index contributed by atoms with van der Waals surface area (Å²) in [6.07, 6.45) is 1.95. The summed E-state index contributed by atoms with van der Waals surface area (Å²) in [6.45, 7) is 2.50. The molecule has 0 saturated heterocycles. The van der Waals surface area contributed by atoms with Gasteiger partial charge in [-0.15, -0.1) is 0 Å². The Balaban J connectivity index is 1.59. The second-order valence-electron chi connectivity index (χ2n) is 6.83. The predicted molar refractivity (Wildman–Crippen MR) is 98.0 cm³/mol. The van der Waals surface area contributed by atoms with Gasteiger partial charge in [-0.25, -0.2) is 4.79 Å². The summed E-state index contributed by atoms with van der Waals surface area (Å²) >= 11 is 0. The molecule has 0 atom stereocenters. The molecule has 136 valence electrons. The van der Waals surface area contributed by atoms with E-state index in [9.17, 15) is 14.7 Å². The Morgan fingerprint density at radius 2 is 1.92 bits per heavy atom. The van der Waals surface area contributed by atoms with Crippen LogP contribution in [0.5, 0.6) is 5.75 Å². The molecule has 1 aliphatic rings. The number of aliphatic carboxylic acids is 1. The fourth-order valence-corrected chi connectivity index (χ4v) is 3.10. The van der Waals surface area contributed by atoms with Crippen molar-refractivity contribution in [1.82, 2.24) is 5.32 Å². The Kier molecular flexibility index (Phi) is 5.26. The molecule has 1 aliphatic carbocycles. The Morgan fingerprint density at radius 3 is 2.58 bits per heavy atom. The van der Waals surface area contributed by atoms with Crippen molar-refractivity contribution in [2.45, 2.75) is 44.8 Å². The van der Waals surface area contributed by atoms with Crippen LogP contribution in [0, 0.1) is 6.92 Å². The number of carboxylic acid groups (broad SMARTS) is 1. The van der Waals surface area contributed by atoms with Gasteiger partial charge in [-0.2, -0.15) is 0 Å². The van der Waals surface area contributed by atoms with E-state index in [0.717, 1.165) is 17.5 Å². The van der Waals surface area contributed by atoms with Gasteiger partial charge in [0.05, 0.1) is 6.42 Å². The zero-order chi connectivity index (χ0) is 18.6. The van der Waals surface area contributed by atoms with Crippen LogP contribution in [0.2, 0.25) is 0 Å². The molecule has 0 aliphatic heterocycles. The molecular weight excluding hydrogens is 330 g/mol. The maximum absolute atomic E-state index is 12.2. The second kappa shape index (κ2) is 7.60. The molecule has 1 amide bonds. The highest BCUT2D eigenvalue weighted by Crippen LogP contribution is 2.32. The quantitative estimate of drug-likeness (QED) is 0.801. The molecule has 2 aromatic rings. The fraction of sp³-hybridized carbons (Fsp3) is 0.333. The summed E-state index contributed by atoms with van der Waals surface area (Å²) in [7, 11) is 0. The highest BCUT2D eigenvalue weighted by molar-refractivity contribution is 5.88. The molecule has 0 unspecified atom stereocenters. The number of aryl methyl sites for hydroxylation is 1. The molecule has 0 radical (unpaired) electrons. The molecule has 0 spiro atoms. The minimum Gasteiger partial charge on any atom is -0.489 e. The van der Waals surface area contributed by atoms with Crippen LogP contribution in [0.4, 0.5) is 0 Å². The lowest BCUT2D eigenvalue weighted by atomic mass is 9.76. The highest BCUT2D eigenvalue weighted by Gasteiger charge is 2.45. The average molecular weight is 353 g/mol. The van der Waals surface area contributed by atoms with Crippen LogP contribution in [0.15, 0.2) is 48.5 Å². The monoisotopic (exact) mass is 353 g/mol. The first-order valence-corrected chi connectivity index (χ1v) is 8.79. The van der Waals surface area contributed by atoms with Crippen LogP contribution >= 0.6 is 0 Å². The molecule has 1 fully saturated rings. The van der Waals surface area contributed by atoms with E-state index >= 15 is 0 Å². The fourth-order valence-electron chi connectivity index (χ4n) is 3.10.